The molecule has 0 spiro atoms. The van der Waals surface area contributed by atoms with Crippen molar-refractivity contribution in [1.29, 1.82) is 0 Å². The zero-order chi connectivity index (χ0) is 13.7. The van der Waals surface area contributed by atoms with E-state index in [4.69, 9.17) is 9.72 Å². The molecule has 1 fully saturated rings. The van der Waals surface area contributed by atoms with Gasteiger partial charge in [0.1, 0.15) is 5.82 Å². The van der Waals surface area contributed by atoms with E-state index in [0.717, 1.165) is 45.2 Å². The standard InChI is InChI=1S/C12H17N3O.C3H6/c1-14-8-10-2-3-12(13-11(10)9-14)15-4-6-16-7-5-15;1-3-2/h2-3H,4-9H2,1H3;3H,1H2,2H3. The van der Waals surface area contributed by atoms with E-state index in [9.17, 15) is 0 Å². The minimum Gasteiger partial charge on any atom is -0.378 e. The summed E-state index contributed by atoms with van der Waals surface area (Å²) in [4.78, 5) is 9.36. The molecule has 0 unspecified atom stereocenters. The monoisotopic (exact) mass is 261 g/mol. The number of aromatic nitrogens is 1. The molecule has 0 atom stereocenters. The first kappa shape index (κ1) is 14.0. The van der Waals surface area contributed by atoms with Crippen LogP contribution in [0.1, 0.15) is 18.2 Å². The molecular weight excluding hydrogens is 238 g/mol. The number of fused-ring (bicyclic) bond motifs is 1. The minimum atomic E-state index is 0.818. The smallest absolute Gasteiger partial charge is 0.129 e. The molecule has 2 aliphatic rings. The second-order valence-corrected chi connectivity index (χ2v) is 4.96. The molecule has 1 saturated heterocycles. The number of anilines is 1. The van der Waals surface area contributed by atoms with Crippen molar-refractivity contribution in [3.8, 4) is 0 Å². The molecule has 0 radical (unpaired) electrons. The Morgan fingerprint density at radius 3 is 2.63 bits per heavy atom. The molecule has 0 aromatic carbocycles. The van der Waals surface area contributed by atoms with Gasteiger partial charge in [-0.05, 0) is 25.6 Å². The van der Waals surface area contributed by atoms with Crippen molar-refractivity contribution in [3.05, 3.63) is 36.0 Å². The third kappa shape index (κ3) is 3.55. The molecule has 4 nitrogen and oxygen atoms in total. The van der Waals surface area contributed by atoms with Crippen LogP contribution in [-0.4, -0.2) is 43.2 Å². The van der Waals surface area contributed by atoms with Gasteiger partial charge < -0.3 is 9.64 Å². The van der Waals surface area contributed by atoms with Crippen molar-refractivity contribution >= 4 is 5.82 Å². The quantitative estimate of drug-likeness (QED) is 0.724. The molecule has 3 heterocycles. The van der Waals surface area contributed by atoms with Crippen LogP contribution >= 0.6 is 0 Å². The summed E-state index contributed by atoms with van der Waals surface area (Å²) in [5, 5.41) is 0. The fraction of sp³-hybridized carbons (Fsp3) is 0.533. The molecule has 3 rings (SSSR count). The van der Waals surface area contributed by atoms with Gasteiger partial charge in [0, 0.05) is 26.2 Å². The van der Waals surface area contributed by atoms with Gasteiger partial charge in [-0.1, -0.05) is 12.1 Å². The molecule has 104 valence electrons. The number of hydrogen-bond acceptors (Lipinski definition) is 4. The first-order valence-electron chi connectivity index (χ1n) is 6.81. The fourth-order valence-corrected chi connectivity index (χ4v) is 2.37. The molecule has 1 aromatic rings. The molecule has 0 saturated carbocycles. The summed E-state index contributed by atoms with van der Waals surface area (Å²) in [6.45, 7) is 10.8. The van der Waals surface area contributed by atoms with Crippen molar-refractivity contribution in [2.75, 3.05) is 38.3 Å². The predicted octanol–water partition coefficient (Wildman–Crippen LogP) is 2.06. The first-order valence-corrected chi connectivity index (χ1v) is 6.81. The van der Waals surface area contributed by atoms with E-state index in [0.29, 0.717) is 0 Å². The summed E-state index contributed by atoms with van der Waals surface area (Å²) in [6.07, 6.45) is 1.75. The van der Waals surface area contributed by atoms with Crippen LogP contribution < -0.4 is 4.90 Å². The fourth-order valence-electron chi connectivity index (χ4n) is 2.37. The number of allylic oxidation sites excluding steroid dienone is 1. The van der Waals surface area contributed by atoms with Crippen molar-refractivity contribution < 1.29 is 4.74 Å². The molecule has 0 N–H and O–H groups in total. The maximum absolute atomic E-state index is 5.35. The van der Waals surface area contributed by atoms with Gasteiger partial charge in [0.15, 0.2) is 0 Å². The largest absolute Gasteiger partial charge is 0.378 e. The molecule has 4 heteroatoms. The van der Waals surface area contributed by atoms with E-state index >= 15 is 0 Å². The van der Waals surface area contributed by atoms with Crippen molar-refractivity contribution in [2.24, 2.45) is 0 Å². The molecule has 0 aliphatic carbocycles. The Labute approximate surface area is 115 Å². The van der Waals surface area contributed by atoms with Gasteiger partial charge in [-0.15, -0.1) is 6.58 Å². The van der Waals surface area contributed by atoms with Crippen LogP contribution in [0, 0.1) is 0 Å². The number of morpholine rings is 1. The normalized spacial score (nSPS) is 18.5. The van der Waals surface area contributed by atoms with Crippen LogP contribution in [0.2, 0.25) is 0 Å². The zero-order valence-electron chi connectivity index (χ0n) is 11.9. The minimum absolute atomic E-state index is 0.818. The second kappa shape index (κ2) is 6.68. The van der Waals surface area contributed by atoms with Gasteiger partial charge in [0.05, 0.1) is 18.9 Å². The van der Waals surface area contributed by atoms with Crippen LogP contribution in [0.3, 0.4) is 0 Å². The number of ether oxygens (including phenoxy) is 1. The summed E-state index contributed by atoms with van der Waals surface area (Å²) in [5.41, 5.74) is 2.62. The van der Waals surface area contributed by atoms with Crippen molar-refractivity contribution in [1.82, 2.24) is 9.88 Å². The Hall–Kier alpha value is -1.39. The Balaban J connectivity index is 0.000000408. The lowest BCUT2D eigenvalue weighted by atomic mass is 10.2. The average molecular weight is 261 g/mol. The Morgan fingerprint density at radius 1 is 1.26 bits per heavy atom. The Bertz CT molecular complexity index is 427. The van der Waals surface area contributed by atoms with Crippen molar-refractivity contribution in [3.63, 3.8) is 0 Å². The predicted molar refractivity (Wildman–Crippen MR) is 78.3 cm³/mol. The lowest BCUT2D eigenvalue weighted by Gasteiger charge is -2.28. The number of hydrogen-bond donors (Lipinski definition) is 0. The summed E-state index contributed by atoms with van der Waals surface area (Å²) in [7, 11) is 2.14. The highest BCUT2D eigenvalue weighted by Crippen LogP contribution is 2.23. The van der Waals surface area contributed by atoms with Gasteiger partial charge in [-0.3, -0.25) is 4.90 Å². The molecule has 2 aliphatic heterocycles. The molecule has 0 amide bonds. The van der Waals surface area contributed by atoms with Crippen molar-refractivity contribution in [2.45, 2.75) is 20.0 Å². The average Bonchev–Trinajstić information content (AvgIpc) is 2.79. The Kier molecular flexibility index (Phi) is 4.93. The lowest BCUT2D eigenvalue weighted by molar-refractivity contribution is 0.122. The SMILES string of the molecule is C=CC.CN1Cc2ccc(N3CCOCC3)nc2C1. The lowest BCUT2D eigenvalue weighted by Crippen LogP contribution is -2.36. The third-order valence-corrected chi connectivity index (χ3v) is 3.25. The van der Waals surface area contributed by atoms with E-state index in [-0.39, 0.29) is 0 Å². The summed E-state index contributed by atoms with van der Waals surface area (Å²) in [6, 6.07) is 4.36. The number of pyridine rings is 1. The van der Waals surface area contributed by atoms with E-state index in [1.807, 2.05) is 6.92 Å². The topological polar surface area (TPSA) is 28.6 Å². The van der Waals surface area contributed by atoms with E-state index in [2.05, 4.69) is 35.6 Å². The maximum Gasteiger partial charge on any atom is 0.129 e. The second-order valence-electron chi connectivity index (χ2n) is 4.96. The van der Waals surface area contributed by atoms with E-state index in [1.165, 1.54) is 11.3 Å². The van der Waals surface area contributed by atoms with Crippen LogP contribution in [0.25, 0.3) is 0 Å². The summed E-state index contributed by atoms with van der Waals surface area (Å²) >= 11 is 0. The number of nitrogens with zero attached hydrogens (tertiary/aromatic N) is 3. The molecule has 1 aromatic heterocycles. The summed E-state index contributed by atoms with van der Waals surface area (Å²) in [5.74, 6) is 1.11. The summed E-state index contributed by atoms with van der Waals surface area (Å²) < 4.78 is 5.35. The van der Waals surface area contributed by atoms with Crippen LogP contribution in [0.5, 0.6) is 0 Å². The maximum atomic E-state index is 5.35. The molecule has 19 heavy (non-hydrogen) atoms. The highest BCUT2D eigenvalue weighted by Gasteiger charge is 2.19. The van der Waals surface area contributed by atoms with Crippen LogP contribution in [0.4, 0.5) is 5.82 Å². The van der Waals surface area contributed by atoms with Gasteiger partial charge >= 0.3 is 0 Å². The van der Waals surface area contributed by atoms with Gasteiger partial charge in [-0.25, -0.2) is 4.98 Å². The Morgan fingerprint density at radius 2 is 1.95 bits per heavy atom. The van der Waals surface area contributed by atoms with Crippen LogP contribution in [-0.2, 0) is 17.8 Å². The highest BCUT2D eigenvalue weighted by atomic mass is 16.5. The van der Waals surface area contributed by atoms with Gasteiger partial charge in [0.25, 0.3) is 0 Å². The zero-order valence-corrected chi connectivity index (χ0v) is 11.9. The van der Waals surface area contributed by atoms with E-state index in [1.54, 1.807) is 6.08 Å². The molecular formula is C15H23N3O. The van der Waals surface area contributed by atoms with Gasteiger partial charge in [0.2, 0.25) is 0 Å². The molecule has 0 bridgehead atoms. The number of rotatable bonds is 1. The van der Waals surface area contributed by atoms with E-state index < -0.39 is 0 Å². The third-order valence-electron chi connectivity index (χ3n) is 3.25. The highest BCUT2D eigenvalue weighted by molar-refractivity contribution is 5.43. The van der Waals surface area contributed by atoms with Crippen LogP contribution in [0.15, 0.2) is 24.8 Å². The first-order chi connectivity index (χ1) is 9.24. The van der Waals surface area contributed by atoms with Gasteiger partial charge in [-0.2, -0.15) is 0 Å².